The van der Waals surface area contributed by atoms with E-state index in [1.165, 1.54) is 35.5 Å². The zero-order valence-corrected chi connectivity index (χ0v) is 16.3. The maximum atomic E-state index is 13.2. The molecule has 5 nitrogen and oxygen atoms in total. The standard InChI is InChI=1S/C21H24N2O3S/c1-12(21-9-13-5-14(10-21)7-15(6-13)11-21)23-19(25)17(18(24)22-20(23)26)8-16-3-2-4-27-16/h2-4,8,12-15H,5-7,9-11H2,1H3,(H,22,24,26)/b17-8+. The fourth-order valence-corrected chi connectivity index (χ4v) is 7.16. The van der Waals surface area contributed by atoms with Crippen molar-refractivity contribution in [3.8, 4) is 0 Å². The average Bonchev–Trinajstić information content (AvgIpc) is 3.10. The first-order valence-corrected chi connectivity index (χ1v) is 10.8. The summed E-state index contributed by atoms with van der Waals surface area (Å²) in [6.45, 7) is 2.02. The molecule has 1 atom stereocenters. The van der Waals surface area contributed by atoms with E-state index in [1.54, 1.807) is 6.08 Å². The average molecular weight is 385 g/mol. The Balaban J connectivity index is 1.47. The monoisotopic (exact) mass is 384 g/mol. The molecule has 4 amide bonds. The molecule has 5 aliphatic rings. The Morgan fingerprint density at radius 2 is 1.78 bits per heavy atom. The Bertz CT molecular complexity index is 806. The minimum Gasteiger partial charge on any atom is -0.273 e. The number of imide groups is 2. The summed E-state index contributed by atoms with van der Waals surface area (Å²) in [7, 11) is 0. The smallest absolute Gasteiger partial charge is 0.273 e. The zero-order chi connectivity index (χ0) is 18.8. The van der Waals surface area contributed by atoms with E-state index in [2.05, 4.69) is 5.32 Å². The normalized spacial score (nSPS) is 37.8. The van der Waals surface area contributed by atoms with Crippen LogP contribution in [0.3, 0.4) is 0 Å². The summed E-state index contributed by atoms with van der Waals surface area (Å²) in [6.07, 6.45) is 8.87. The summed E-state index contributed by atoms with van der Waals surface area (Å²) < 4.78 is 0. The van der Waals surface area contributed by atoms with E-state index in [-0.39, 0.29) is 17.0 Å². The lowest BCUT2D eigenvalue weighted by Crippen LogP contribution is -2.63. The highest BCUT2D eigenvalue weighted by molar-refractivity contribution is 7.10. The molecule has 1 saturated heterocycles. The van der Waals surface area contributed by atoms with Crippen molar-refractivity contribution in [3.05, 3.63) is 28.0 Å². The van der Waals surface area contributed by atoms with Gasteiger partial charge in [0.25, 0.3) is 11.8 Å². The summed E-state index contributed by atoms with van der Waals surface area (Å²) >= 11 is 1.47. The van der Waals surface area contributed by atoms with Gasteiger partial charge in [-0.25, -0.2) is 4.79 Å². The first kappa shape index (κ1) is 17.2. The van der Waals surface area contributed by atoms with Crippen LogP contribution < -0.4 is 5.32 Å². The number of thiophene rings is 1. The van der Waals surface area contributed by atoms with Crippen molar-refractivity contribution in [2.75, 3.05) is 0 Å². The van der Waals surface area contributed by atoms with Crippen molar-refractivity contribution in [1.82, 2.24) is 10.2 Å². The molecular formula is C21H24N2O3S. The number of rotatable bonds is 3. The Morgan fingerprint density at radius 3 is 2.33 bits per heavy atom. The van der Waals surface area contributed by atoms with Crippen LogP contribution in [0.4, 0.5) is 4.79 Å². The number of nitrogens with one attached hydrogen (secondary N) is 1. The van der Waals surface area contributed by atoms with E-state index in [9.17, 15) is 14.4 Å². The molecule has 1 aromatic heterocycles. The van der Waals surface area contributed by atoms with Gasteiger partial charge in [0, 0.05) is 10.9 Å². The van der Waals surface area contributed by atoms with Crippen molar-refractivity contribution in [2.24, 2.45) is 23.2 Å². The van der Waals surface area contributed by atoms with Gasteiger partial charge in [0.15, 0.2) is 0 Å². The van der Waals surface area contributed by atoms with E-state index in [0.717, 1.165) is 41.9 Å². The maximum absolute atomic E-state index is 13.2. The van der Waals surface area contributed by atoms with Crippen LogP contribution in [0.1, 0.15) is 50.3 Å². The molecule has 4 aliphatic carbocycles. The molecular weight excluding hydrogens is 360 g/mol. The van der Waals surface area contributed by atoms with Crippen LogP contribution in [-0.4, -0.2) is 28.8 Å². The first-order valence-electron chi connectivity index (χ1n) is 9.89. The second-order valence-corrected chi connectivity index (χ2v) is 9.94. The number of urea groups is 1. The Kier molecular flexibility index (Phi) is 3.83. The van der Waals surface area contributed by atoms with Gasteiger partial charge in [-0.3, -0.25) is 19.8 Å². The number of nitrogens with zero attached hydrogens (tertiary/aromatic N) is 1. The predicted molar refractivity (Wildman–Crippen MR) is 103 cm³/mol. The van der Waals surface area contributed by atoms with E-state index < -0.39 is 17.8 Å². The molecule has 2 heterocycles. The maximum Gasteiger partial charge on any atom is 0.331 e. The third-order valence-corrected chi connectivity index (χ3v) is 8.14. The van der Waals surface area contributed by atoms with Crippen LogP contribution in [-0.2, 0) is 9.59 Å². The van der Waals surface area contributed by atoms with Crippen LogP contribution in [0, 0.1) is 23.2 Å². The molecule has 0 aromatic carbocycles. The Labute approximate surface area is 162 Å². The molecule has 4 saturated carbocycles. The molecule has 6 rings (SSSR count). The number of amides is 4. The van der Waals surface area contributed by atoms with Gasteiger partial charge in [0.1, 0.15) is 5.57 Å². The molecule has 6 heteroatoms. The van der Waals surface area contributed by atoms with Gasteiger partial charge < -0.3 is 0 Å². The van der Waals surface area contributed by atoms with E-state index in [4.69, 9.17) is 0 Å². The third kappa shape index (κ3) is 2.68. The van der Waals surface area contributed by atoms with Crippen molar-refractivity contribution in [3.63, 3.8) is 0 Å². The Hall–Kier alpha value is -1.95. The van der Waals surface area contributed by atoms with Gasteiger partial charge in [-0.1, -0.05) is 6.07 Å². The second kappa shape index (κ2) is 6.03. The van der Waals surface area contributed by atoms with E-state index in [1.807, 2.05) is 24.4 Å². The van der Waals surface area contributed by atoms with Gasteiger partial charge in [-0.15, -0.1) is 11.3 Å². The molecule has 0 spiro atoms. The first-order chi connectivity index (χ1) is 12.9. The number of carbonyl (C=O) groups excluding carboxylic acids is 3. The van der Waals surface area contributed by atoms with Gasteiger partial charge in [0.2, 0.25) is 0 Å². The lowest BCUT2D eigenvalue weighted by Gasteiger charge is -2.60. The van der Waals surface area contributed by atoms with Crippen LogP contribution in [0.15, 0.2) is 23.1 Å². The number of hydrogen-bond acceptors (Lipinski definition) is 4. The summed E-state index contributed by atoms with van der Waals surface area (Å²) in [5.41, 5.74) is 0.0875. The summed E-state index contributed by atoms with van der Waals surface area (Å²) in [4.78, 5) is 40.3. The molecule has 1 N–H and O–H groups in total. The lowest BCUT2D eigenvalue weighted by molar-refractivity contribution is -0.139. The number of barbiturate groups is 1. The molecule has 27 heavy (non-hydrogen) atoms. The SMILES string of the molecule is CC(N1C(=O)NC(=O)/C(=C\c2cccs2)C1=O)C12CC3CC(CC(C3)C1)C2. The van der Waals surface area contributed by atoms with Gasteiger partial charge >= 0.3 is 6.03 Å². The van der Waals surface area contributed by atoms with Crippen LogP contribution in [0.25, 0.3) is 6.08 Å². The number of hydrogen-bond donors (Lipinski definition) is 1. The topological polar surface area (TPSA) is 66.5 Å². The Morgan fingerprint density at radius 1 is 1.15 bits per heavy atom. The second-order valence-electron chi connectivity index (χ2n) is 8.96. The van der Waals surface area contributed by atoms with Crippen molar-refractivity contribution >= 4 is 35.3 Å². The highest BCUT2D eigenvalue weighted by atomic mass is 32.1. The summed E-state index contributed by atoms with van der Waals surface area (Å²) in [6, 6.07) is 3.00. The van der Waals surface area contributed by atoms with E-state index in [0.29, 0.717) is 0 Å². The molecule has 5 fully saturated rings. The molecule has 142 valence electrons. The van der Waals surface area contributed by atoms with Crippen molar-refractivity contribution in [2.45, 2.75) is 51.5 Å². The molecule has 0 radical (unpaired) electrons. The fourth-order valence-electron chi connectivity index (χ4n) is 6.50. The predicted octanol–water partition coefficient (Wildman–Crippen LogP) is 3.81. The molecule has 1 aliphatic heterocycles. The highest BCUT2D eigenvalue weighted by Gasteiger charge is 2.56. The zero-order valence-electron chi connectivity index (χ0n) is 15.4. The quantitative estimate of drug-likeness (QED) is 0.636. The van der Waals surface area contributed by atoms with Gasteiger partial charge in [-0.05, 0) is 86.1 Å². The minimum absolute atomic E-state index is 0.0240. The molecule has 4 bridgehead atoms. The van der Waals surface area contributed by atoms with Crippen LogP contribution >= 0.6 is 11.3 Å². The third-order valence-electron chi connectivity index (χ3n) is 7.32. The minimum atomic E-state index is -0.590. The van der Waals surface area contributed by atoms with Crippen molar-refractivity contribution < 1.29 is 14.4 Å². The summed E-state index contributed by atoms with van der Waals surface area (Å²) in [5, 5.41) is 4.30. The highest BCUT2D eigenvalue weighted by Crippen LogP contribution is 2.62. The van der Waals surface area contributed by atoms with Crippen molar-refractivity contribution in [1.29, 1.82) is 0 Å². The summed E-state index contributed by atoms with van der Waals surface area (Å²) in [5.74, 6) is 1.19. The molecule has 1 aromatic rings. The van der Waals surface area contributed by atoms with Crippen LogP contribution in [0.5, 0.6) is 0 Å². The lowest BCUT2D eigenvalue weighted by atomic mass is 9.47. The fraction of sp³-hybridized carbons (Fsp3) is 0.571. The van der Waals surface area contributed by atoms with Gasteiger partial charge in [-0.2, -0.15) is 0 Å². The van der Waals surface area contributed by atoms with Gasteiger partial charge in [0.05, 0.1) is 0 Å². The number of carbonyl (C=O) groups is 3. The van der Waals surface area contributed by atoms with Crippen LogP contribution in [0.2, 0.25) is 0 Å². The largest absolute Gasteiger partial charge is 0.331 e. The molecule has 1 unspecified atom stereocenters. The van der Waals surface area contributed by atoms with E-state index >= 15 is 0 Å².